The summed E-state index contributed by atoms with van der Waals surface area (Å²) in [6, 6.07) is 21.3. The second-order valence-electron chi connectivity index (χ2n) is 9.85. The molecule has 4 aromatic rings. The number of hydrogen-bond donors (Lipinski definition) is 1. The van der Waals surface area contributed by atoms with E-state index in [-0.39, 0.29) is 22.2 Å². The Morgan fingerprint density at radius 1 is 0.975 bits per heavy atom. The van der Waals surface area contributed by atoms with E-state index in [1.54, 1.807) is 31.2 Å². The molecule has 3 aromatic carbocycles. The monoisotopic (exact) mass is 552 g/mol. The zero-order chi connectivity index (χ0) is 28.6. The maximum Gasteiger partial charge on any atom is 0.301 e. The van der Waals surface area contributed by atoms with Gasteiger partial charge in [0.15, 0.2) is 10.9 Å². The third-order valence-electron chi connectivity index (χ3n) is 6.76. The fourth-order valence-electron chi connectivity index (χ4n) is 4.74. The molecule has 1 aliphatic heterocycles. The van der Waals surface area contributed by atoms with Gasteiger partial charge >= 0.3 is 5.91 Å². The number of amides is 1. The Labute approximate surface area is 236 Å². The van der Waals surface area contributed by atoms with Gasteiger partial charge < -0.3 is 9.84 Å². The molecular formula is C32H28N2O5S. The maximum atomic E-state index is 13.4. The van der Waals surface area contributed by atoms with Gasteiger partial charge in [-0.05, 0) is 56.2 Å². The molecule has 1 fully saturated rings. The van der Waals surface area contributed by atoms with Gasteiger partial charge in [0.2, 0.25) is 0 Å². The Hall–Kier alpha value is -4.56. The van der Waals surface area contributed by atoms with Gasteiger partial charge in [-0.1, -0.05) is 71.0 Å². The lowest BCUT2D eigenvalue weighted by atomic mass is 9.95. The molecule has 202 valence electrons. The van der Waals surface area contributed by atoms with E-state index in [0.717, 1.165) is 28.0 Å². The summed E-state index contributed by atoms with van der Waals surface area (Å²) in [5, 5.41) is 11.6. The average molecular weight is 553 g/mol. The van der Waals surface area contributed by atoms with Crippen molar-refractivity contribution in [1.82, 2.24) is 4.98 Å². The number of carbonyl (C=O) groups excluding carboxylic acids is 3. The van der Waals surface area contributed by atoms with Crippen LogP contribution in [0.5, 0.6) is 5.75 Å². The normalized spacial score (nSPS) is 16.4. The lowest BCUT2D eigenvalue weighted by Gasteiger charge is -2.23. The number of aryl methyl sites for hydroxylation is 3. The molecule has 8 heteroatoms. The predicted octanol–water partition coefficient (Wildman–Crippen LogP) is 6.48. The molecule has 1 amide bonds. The molecule has 0 bridgehead atoms. The number of benzene rings is 3. The summed E-state index contributed by atoms with van der Waals surface area (Å²) in [4.78, 5) is 45.0. The number of carbonyl (C=O) groups is 3. The lowest BCUT2D eigenvalue weighted by molar-refractivity contribution is -0.132. The minimum atomic E-state index is -0.914. The zero-order valence-electron chi connectivity index (χ0n) is 22.6. The summed E-state index contributed by atoms with van der Waals surface area (Å²) >= 11 is 1.06. The summed E-state index contributed by atoms with van der Waals surface area (Å²) in [6.07, 6.45) is 0. The highest BCUT2D eigenvalue weighted by atomic mass is 32.1. The molecule has 1 N–H and O–H groups in total. The zero-order valence-corrected chi connectivity index (χ0v) is 23.4. The average Bonchev–Trinajstić information content (AvgIpc) is 3.44. The van der Waals surface area contributed by atoms with Gasteiger partial charge in [-0.2, -0.15) is 0 Å². The molecule has 1 unspecified atom stereocenters. The van der Waals surface area contributed by atoms with Crippen LogP contribution in [0.3, 0.4) is 0 Å². The first-order valence-corrected chi connectivity index (χ1v) is 13.6. The van der Waals surface area contributed by atoms with Crippen LogP contribution in [0.2, 0.25) is 0 Å². The second-order valence-corrected chi connectivity index (χ2v) is 10.8. The minimum Gasteiger partial charge on any atom is -0.507 e. The largest absolute Gasteiger partial charge is 0.507 e. The van der Waals surface area contributed by atoms with E-state index < -0.39 is 17.7 Å². The van der Waals surface area contributed by atoms with Crippen LogP contribution < -0.4 is 9.64 Å². The van der Waals surface area contributed by atoms with Crippen molar-refractivity contribution in [2.75, 3.05) is 4.90 Å². The topological polar surface area (TPSA) is 96.8 Å². The quantitative estimate of drug-likeness (QED) is 0.122. The van der Waals surface area contributed by atoms with Gasteiger partial charge in [-0.25, -0.2) is 4.98 Å². The summed E-state index contributed by atoms with van der Waals surface area (Å²) in [6.45, 7) is 7.47. The summed E-state index contributed by atoms with van der Waals surface area (Å²) in [5.74, 6) is -1.50. The second kappa shape index (κ2) is 10.9. The Morgan fingerprint density at radius 2 is 1.68 bits per heavy atom. The number of nitrogens with zero attached hydrogens (tertiary/aromatic N) is 2. The number of aliphatic hydroxyl groups excluding tert-OH is 1. The van der Waals surface area contributed by atoms with E-state index in [2.05, 4.69) is 4.98 Å². The number of ketones is 2. The number of thiazole rings is 1. The fourth-order valence-corrected chi connectivity index (χ4v) is 5.73. The van der Waals surface area contributed by atoms with Gasteiger partial charge in [-0.15, -0.1) is 0 Å². The molecule has 1 aliphatic rings. The van der Waals surface area contributed by atoms with Gasteiger partial charge in [0.25, 0.3) is 5.78 Å². The number of aliphatic hydroxyl groups is 1. The van der Waals surface area contributed by atoms with Gasteiger partial charge in [-0.3, -0.25) is 19.3 Å². The van der Waals surface area contributed by atoms with Gasteiger partial charge in [0, 0.05) is 12.5 Å². The first-order valence-electron chi connectivity index (χ1n) is 12.8. The van der Waals surface area contributed by atoms with Crippen molar-refractivity contribution < 1.29 is 24.2 Å². The first-order chi connectivity index (χ1) is 19.1. The van der Waals surface area contributed by atoms with Crippen LogP contribution in [0.15, 0.2) is 78.4 Å². The lowest BCUT2D eigenvalue weighted by Crippen LogP contribution is -2.29. The summed E-state index contributed by atoms with van der Waals surface area (Å²) in [7, 11) is 0. The van der Waals surface area contributed by atoms with Crippen molar-refractivity contribution in [3.8, 4) is 5.75 Å². The molecule has 1 atom stereocenters. The van der Waals surface area contributed by atoms with Crippen molar-refractivity contribution in [3.05, 3.63) is 117 Å². The van der Waals surface area contributed by atoms with E-state index in [0.29, 0.717) is 34.1 Å². The Kier molecular flexibility index (Phi) is 7.36. The van der Waals surface area contributed by atoms with E-state index in [1.165, 1.54) is 11.8 Å². The van der Waals surface area contributed by atoms with Crippen molar-refractivity contribution >= 4 is 39.7 Å². The number of Topliss-reactive ketones (excluding diaryl/α,β-unsaturated/α-hetero) is 2. The first kappa shape index (κ1) is 27.0. The van der Waals surface area contributed by atoms with Crippen molar-refractivity contribution in [1.29, 1.82) is 0 Å². The SMILES string of the molecule is CC(=O)c1sc(N2C(=O)C(=O)/C(=C(/O)c3ccc(OCc4cccc(C)c4)cc3)C2c2ccc(C)cc2)nc1C. The smallest absolute Gasteiger partial charge is 0.301 e. The Morgan fingerprint density at radius 3 is 2.30 bits per heavy atom. The Balaban J connectivity index is 1.52. The van der Waals surface area contributed by atoms with Crippen LogP contribution in [0, 0.1) is 20.8 Å². The van der Waals surface area contributed by atoms with E-state index in [9.17, 15) is 19.5 Å². The molecule has 0 aliphatic carbocycles. The van der Waals surface area contributed by atoms with Crippen LogP contribution in [0.1, 0.15) is 56.1 Å². The highest BCUT2D eigenvalue weighted by molar-refractivity contribution is 7.18. The molecule has 1 saturated heterocycles. The van der Waals surface area contributed by atoms with Crippen molar-refractivity contribution in [2.45, 2.75) is 40.3 Å². The minimum absolute atomic E-state index is 0.0421. The van der Waals surface area contributed by atoms with Crippen LogP contribution in [-0.4, -0.2) is 27.6 Å². The van der Waals surface area contributed by atoms with E-state index >= 15 is 0 Å². The van der Waals surface area contributed by atoms with Crippen molar-refractivity contribution in [2.24, 2.45) is 0 Å². The van der Waals surface area contributed by atoms with E-state index in [1.807, 2.05) is 62.4 Å². The van der Waals surface area contributed by atoms with Gasteiger partial charge in [0.1, 0.15) is 18.1 Å². The maximum absolute atomic E-state index is 13.4. The highest BCUT2D eigenvalue weighted by Crippen LogP contribution is 2.44. The Bertz CT molecular complexity index is 1650. The molecule has 40 heavy (non-hydrogen) atoms. The van der Waals surface area contributed by atoms with Crippen LogP contribution in [0.25, 0.3) is 5.76 Å². The molecule has 5 rings (SSSR count). The molecule has 2 heterocycles. The fraction of sp³-hybridized carbons (Fsp3) is 0.188. The number of rotatable bonds is 7. The van der Waals surface area contributed by atoms with E-state index in [4.69, 9.17) is 4.74 Å². The molecule has 0 saturated carbocycles. The third-order valence-corrected chi connectivity index (χ3v) is 8.02. The number of anilines is 1. The number of hydrogen-bond acceptors (Lipinski definition) is 7. The van der Waals surface area contributed by atoms with Crippen LogP contribution >= 0.6 is 11.3 Å². The summed E-state index contributed by atoms with van der Waals surface area (Å²) < 4.78 is 5.89. The molecule has 1 aromatic heterocycles. The predicted molar refractivity (Wildman–Crippen MR) is 155 cm³/mol. The molecule has 0 spiro atoms. The molecular weight excluding hydrogens is 524 g/mol. The highest BCUT2D eigenvalue weighted by Gasteiger charge is 2.48. The molecule has 0 radical (unpaired) electrons. The third kappa shape index (κ3) is 5.18. The number of ether oxygens (including phenoxy) is 1. The number of aromatic nitrogens is 1. The van der Waals surface area contributed by atoms with Crippen molar-refractivity contribution in [3.63, 3.8) is 0 Å². The molecule has 7 nitrogen and oxygen atoms in total. The van der Waals surface area contributed by atoms with Crippen LogP contribution in [0.4, 0.5) is 5.13 Å². The summed E-state index contributed by atoms with van der Waals surface area (Å²) in [5.41, 5.74) is 4.64. The van der Waals surface area contributed by atoms with Crippen LogP contribution in [-0.2, 0) is 16.2 Å². The standard InChI is InChI=1S/C32H28N2O5S/c1-18-8-10-23(11-9-18)27-26(29(37)31(38)34(27)32-33-20(3)30(40-32)21(4)35)28(36)24-12-14-25(15-13-24)39-17-22-7-5-6-19(2)16-22/h5-16,27,36H,17H2,1-4H3/b28-26+. The van der Waals surface area contributed by atoms with Gasteiger partial charge in [0.05, 0.1) is 22.2 Å².